The van der Waals surface area contributed by atoms with Crippen LogP contribution in [-0.2, 0) is 4.79 Å². The molecule has 104 valence electrons. The van der Waals surface area contributed by atoms with Crippen LogP contribution in [0.4, 0.5) is 0 Å². The molecule has 19 heavy (non-hydrogen) atoms. The molecule has 0 aromatic heterocycles. The van der Waals surface area contributed by atoms with Crippen molar-refractivity contribution in [3.63, 3.8) is 0 Å². The van der Waals surface area contributed by atoms with Crippen LogP contribution in [-0.4, -0.2) is 18.9 Å². The summed E-state index contributed by atoms with van der Waals surface area (Å²) in [5.74, 6) is 0.437. The molecule has 1 aromatic rings. The fourth-order valence-corrected chi connectivity index (χ4v) is 2.00. The van der Waals surface area contributed by atoms with Crippen LogP contribution in [0.25, 0.3) is 0 Å². The second-order valence-corrected chi connectivity index (χ2v) is 6.18. The minimum Gasteiger partial charge on any atom is -0.490 e. The third-order valence-corrected chi connectivity index (χ3v) is 3.08. The quantitative estimate of drug-likeness (QED) is 0.350. The van der Waals surface area contributed by atoms with E-state index in [1.807, 2.05) is 29.5 Å². The highest BCUT2D eigenvalue weighted by atomic mass is 127. The average Bonchev–Trinajstić information content (AvgIpc) is 2.31. The van der Waals surface area contributed by atoms with Crippen LogP contribution >= 0.6 is 22.6 Å². The highest BCUT2D eigenvalue weighted by molar-refractivity contribution is 14.1. The second-order valence-electron chi connectivity index (χ2n) is 5.02. The third kappa shape index (κ3) is 4.19. The summed E-state index contributed by atoms with van der Waals surface area (Å²) in [5.41, 5.74) is -0.112. The summed E-state index contributed by atoms with van der Waals surface area (Å²) < 4.78 is 11.5. The van der Waals surface area contributed by atoms with E-state index in [2.05, 4.69) is 0 Å². The lowest BCUT2D eigenvalue weighted by Crippen LogP contribution is -2.26. The van der Waals surface area contributed by atoms with Crippen LogP contribution in [0.15, 0.2) is 12.1 Å². The Morgan fingerprint density at radius 2 is 2.00 bits per heavy atom. The molecule has 0 spiro atoms. The summed E-state index contributed by atoms with van der Waals surface area (Å²) in [4.78, 5) is 22.8. The number of hydrogen-bond donors (Lipinski definition) is 0. The summed E-state index contributed by atoms with van der Waals surface area (Å²) in [6.45, 7) is 7.60. The molecule has 0 saturated heterocycles. The van der Waals surface area contributed by atoms with Crippen molar-refractivity contribution < 1.29 is 19.1 Å². The number of carbonyl (C=O) groups excluding carboxylic acids is 2. The van der Waals surface area contributed by atoms with E-state index in [-0.39, 0.29) is 5.97 Å². The number of ether oxygens (including phenoxy) is 2. The van der Waals surface area contributed by atoms with Gasteiger partial charge in [-0.05, 0) is 62.4 Å². The van der Waals surface area contributed by atoms with Crippen LogP contribution < -0.4 is 9.47 Å². The van der Waals surface area contributed by atoms with Crippen LogP contribution in [0, 0.1) is 8.99 Å². The first-order valence-electron chi connectivity index (χ1n) is 5.93. The molecule has 4 nitrogen and oxygen atoms in total. The Balaban J connectivity index is 3.18. The van der Waals surface area contributed by atoms with Gasteiger partial charge in [0.05, 0.1) is 15.6 Å². The van der Waals surface area contributed by atoms with Gasteiger partial charge in [-0.3, -0.25) is 9.59 Å². The number of hydrogen-bond acceptors (Lipinski definition) is 4. The zero-order valence-corrected chi connectivity index (χ0v) is 13.6. The normalized spacial score (nSPS) is 11.0. The molecule has 0 radical (unpaired) electrons. The summed E-state index contributed by atoms with van der Waals surface area (Å²) in [7, 11) is 0. The Morgan fingerprint density at radius 1 is 1.37 bits per heavy atom. The van der Waals surface area contributed by atoms with Crippen molar-refractivity contribution in [3.05, 3.63) is 21.3 Å². The van der Waals surface area contributed by atoms with E-state index < -0.39 is 5.41 Å². The first kappa shape index (κ1) is 15.9. The monoisotopic (exact) mass is 376 g/mol. The zero-order chi connectivity index (χ0) is 14.6. The molecule has 0 N–H and O–H groups in total. The lowest BCUT2D eigenvalue weighted by atomic mass is 9.97. The Kier molecular flexibility index (Phi) is 5.34. The SMILES string of the molecule is CCOc1cc(C=O)cc(I)c1OC(=O)C(C)(C)C. The summed E-state index contributed by atoms with van der Waals surface area (Å²) >= 11 is 2.02. The van der Waals surface area contributed by atoms with E-state index in [9.17, 15) is 9.59 Å². The van der Waals surface area contributed by atoms with Crippen molar-refractivity contribution in [1.29, 1.82) is 0 Å². The third-order valence-electron chi connectivity index (χ3n) is 2.27. The molecule has 0 fully saturated rings. The second kappa shape index (κ2) is 6.36. The molecule has 0 bridgehead atoms. The van der Waals surface area contributed by atoms with Crippen molar-refractivity contribution in [2.75, 3.05) is 6.61 Å². The number of halogens is 1. The molecule has 5 heteroatoms. The lowest BCUT2D eigenvalue weighted by Gasteiger charge is -2.19. The van der Waals surface area contributed by atoms with Crippen LogP contribution in [0.1, 0.15) is 38.1 Å². The topological polar surface area (TPSA) is 52.6 Å². The maximum absolute atomic E-state index is 11.9. The van der Waals surface area contributed by atoms with Gasteiger partial charge >= 0.3 is 5.97 Å². The first-order chi connectivity index (χ1) is 8.79. The maximum Gasteiger partial charge on any atom is 0.316 e. The fourth-order valence-electron chi connectivity index (χ4n) is 1.26. The number of carbonyl (C=O) groups is 2. The molecule has 0 atom stereocenters. The highest BCUT2D eigenvalue weighted by Gasteiger charge is 2.26. The first-order valence-corrected chi connectivity index (χ1v) is 7.01. The van der Waals surface area contributed by atoms with Crippen molar-refractivity contribution in [1.82, 2.24) is 0 Å². The van der Waals surface area contributed by atoms with Gasteiger partial charge in [0.1, 0.15) is 6.29 Å². The highest BCUT2D eigenvalue weighted by Crippen LogP contribution is 2.35. The zero-order valence-electron chi connectivity index (χ0n) is 11.5. The van der Waals surface area contributed by atoms with E-state index in [4.69, 9.17) is 9.47 Å². The molecule has 1 rings (SSSR count). The summed E-state index contributed by atoms with van der Waals surface area (Å²) in [6.07, 6.45) is 0.736. The van der Waals surface area contributed by atoms with Gasteiger partial charge < -0.3 is 9.47 Å². The molecule has 1 aromatic carbocycles. The Labute approximate surface area is 126 Å². The van der Waals surface area contributed by atoms with Crippen molar-refractivity contribution in [3.8, 4) is 11.5 Å². The smallest absolute Gasteiger partial charge is 0.316 e. The number of esters is 1. The molecule has 0 saturated carbocycles. The van der Waals surface area contributed by atoms with Gasteiger partial charge in [0, 0.05) is 5.56 Å². The maximum atomic E-state index is 11.9. The summed E-state index contributed by atoms with van der Waals surface area (Å²) in [6, 6.07) is 3.23. The molecule has 0 amide bonds. The van der Waals surface area contributed by atoms with Crippen molar-refractivity contribution in [2.24, 2.45) is 5.41 Å². The molecule has 0 unspecified atom stereocenters. The standard InChI is InChI=1S/C14H17IO4/c1-5-18-11-7-9(8-16)6-10(15)12(11)19-13(17)14(2,3)4/h6-8H,5H2,1-4H3. The number of benzene rings is 1. The van der Waals surface area contributed by atoms with E-state index in [1.165, 1.54) is 0 Å². The van der Waals surface area contributed by atoms with Crippen molar-refractivity contribution >= 4 is 34.8 Å². The van der Waals surface area contributed by atoms with E-state index in [0.29, 0.717) is 27.2 Å². The largest absolute Gasteiger partial charge is 0.490 e. The van der Waals surface area contributed by atoms with Crippen LogP contribution in [0.5, 0.6) is 11.5 Å². The number of rotatable bonds is 4. The van der Waals surface area contributed by atoms with Crippen LogP contribution in [0.2, 0.25) is 0 Å². The molecule has 0 heterocycles. The predicted molar refractivity (Wildman–Crippen MR) is 80.8 cm³/mol. The van der Waals surface area contributed by atoms with E-state index in [0.717, 1.165) is 6.29 Å². The van der Waals surface area contributed by atoms with Crippen molar-refractivity contribution in [2.45, 2.75) is 27.7 Å². The molecule has 0 aliphatic heterocycles. The molecular weight excluding hydrogens is 359 g/mol. The van der Waals surface area contributed by atoms with Gasteiger partial charge in [-0.1, -0.05) is 0 Å². The Hall–Kier alpha value is -1.11. The van der Waals surface area contributed by atoms with Gasteiger partial charge in [-0.25, -0.2) is 0 Å². The predicted octanol–water partition coefficient (Wildman–Crippen LogP) is 3.45. The van der Waals surface area contributed by atoms with E-state index >= 15 is 0 Å². The van der Waals surface area contributed by atoms with E-state index in [1.54, 1.807) is 32.9 Å². The molecule has 0 aliphatic rings. The van der Waals surface area contributed by atoms with Gasteiger partial charge in [0.2, 0.25) is 0 Å². The average molecular weight is 376 g/mol. The number of aldehydes is 1. The van der Waals surface area contributed by atoms with Gasteiger partial charge in [-0.15, -0.1) is 0 Å². The lowest BCUT2D eigenvalue weighted by molar-refractivity contribution is -0.143. The van der Waals surface area contributed by atoms with Crippen LogP contribution in [0.3, 0.4) is 0 Å². The Morgan fingerprint density at radius 3 is 2.47 bits per heavy atom. The molecule has 0 aliphatic carbocycles. The minimum absolute atomic E-state index is 0.342. The minimum atomic E-state index is -0.601. The van der Waals surface area contributed by atoms with Gasteiger partial charge in [0.25, 0.3) is 0 Å². The summed E-state index contributed by atoms with van der Waals surface area (Å²) in [5, 5.41) is 0. The molecular formula is C14H17IO4. The Bertz CT molecular complexity index is 489. The van der Waals surface area contributed by atoms with Gasteiger partial charge in [-0.2, -0.15) is 0 Å². The van der Waals surface area contributed by atoms with Gasteiger partial charge in [0.15, 0.2) is 11.5 Å². The fraction of sp³-hybridized carbons (Fsp3) is 0.429.